The van der Waals surface area contributed by atoms with Crippen LogP contribution in [0.5, 0.6) is 5.75 Å². The molecule has 0 spiro atoms. The average molecular weight is 414 g/mol. The Morgan fingerprint density at radius 2 is 1.70 bits per heavy atom. The van der Waals surface area contributed by atoms with Crippen molar-refractivity contribution in [3.05, 3.63) is 77.1 Å². The smallest absolute Gasteiger partial charge is 0.387 e. The third-order valence-corrected chi connectivity index (χ3v) is 4.53. The lowest BCUT2D eigenvalue weighted by Gasteiger charge is -2.07. The highest BCUT2D eigenvalue weighted by atomic mass is 19.3. The molecule has 0 fully saturated rings. The Labute approximate surface area is 172 Å². The van der Waals surface area contributed by atoms with Crippen LogP contribution in [0.25, 0.3) is 5.69 Å². The number of hydrogen-bond donors (Lipinski definition) is 0. The summed E-state index contributed by atoms with van der Waals surface area (Å²) in [7, 11) is 0. The SMILES string of the molecule is Cc1nn(-c2ccccc2)c(C)c1CC(=O)OCC(=O)c1ccc(OC(F)F)cc1. The molecule has 1 heterocycles. The molecule has 0 unspecified atom stereocenters. The van der Waals surface area contributed by atoms with Gasteiger partial charge >= 0.3 is 12.6 Å². The van der Waals surface area contributed by atoms with Gasteiger partial charge in [0.1, 0.15) is 5.75 Å². The van der Waals surface area contributed by atoms with Crippen molar-refractivity contribution in [2.45, 2.75) is 26.9 Å². The minimum absolute atomic E-state index is 0.0149. The van der Waals surface area contributed by atoms with Crippen LogP contribution in [0.3, 0.4) is 0 Å². The molecule has 0 aliphatic rings. The van der Waals surface area contributed by atoms with Crippen molar-refractivity contribution in [3.63, 3.8) is 0 Å². The highest BCUT2D eigenvalue weighted by Crippen LogP contribution is 2.19. The zero-order valence-corrected chi connectivity index (χ0v) is 16.5. The summed E-state index contributed by atoms with van der Waals surface area (Å²) in [6, 6.07) is 14.7. The first-order valence-electron chi connectivity index (χ1n) is 9.19. The number of Topliss-reactive ketones (excluding diaryl/α,β-unsaturated/α-hetero) is 1. The van der Waals surface area contributed by atoms with Crippen LogP contribution in [0.1, 0.15) is 27.3 Å². The molecule has 1 aromatic heterocycles. The maximum Gasteiger partial charge on any atom is 0.387 e. The Hall–Kier alpha value is -3.55. The number of hydrogen-bond acceptors (Lipinski definition) is 5. The predicted octanol–water partition coefficient (Wildman–Crippen LogP) is 4.06. The van der Waals surface area contributed by atoms with Gasteiger partial charge in [0.15, 0.2) is 12.4 Å². The van der Waals surface area contributed by atoms with Crippen LogP contribution in [-0.4, -0.2) is 34.8 Å². The van der Waals surface area contributed by atoms with Gasteiger partial charge in [-0.25, -0.2) is 4.68 Å². The van der Waals surface area contributed by atoms with Crippen molar-refractivity contribution in [2.75, 3.05) is 6.61 Å². The van der Waals surface area contributed by atoms with E-state index in [1.54, 1.807) is 4.68 Å². The van der Waals surface area contributed by atoms with Crippen molar-refractivity contribution in [2.24, 2.45) is 0 Å². The Morgan fingerprint density at radius 1 is 1.03 bits per heavy atom. The van der Waals surface area contributed by atoms with Crippen LogP contribution in [0, 0.1) is 13.8 Å². The number of carbonyl (C=O) groups excluding carboxylic acids is 2. The molecule has 30 heavy (non-hydrogen) atoms. The van der Waals surface area contributed by atoms with Crippen LogP contribution < -0.4 is 4.74 Å². The molecule has 0 N–H and O–H groups in total. The maximum atomic E-state index is 12.3. The van der Waals surface area contributed by atoms with Crippen LogP contribution in [-0.2, 0) is 16.0 Å². The Kier molecular flexibility index (Phi) is 6.56. The minimum atomic E-state index is -2.94. The van der Waals surface area contributed by atoms with Gasteiger partial charge in [0, 0.05) is 16.8 Å². The average Bonchev–Trinajstić information content (AvgIpc) is 3.01. The third kappa shape index (κ3) is 5.08. The highest BCUT2D eigenvalue weighted by Gasteiger charge is 2.18. The standard InChI is InChI=1S/C22H20F2N2O4/c1-14-19(15(2)26(25-14)17-6-4-3-5-7-17)12-21(28)29-13-20(27)16-8-10-18(11-9-16)30-22(23)24/h3-11,22H,12-13H2,1-2H3. The van der Waals surface area contributed by atoms with E-state index in [9.17, 15) is 18.4 Å². The van der Waals surface area contributed by atoms with Gasteiger partial charge < -0.3 is 9.47 Å². The Morgan fingerprint density at radius 3 is 2.33 bits per heavy atom. The van der Waals surface area contributed by atoms with Gasteiger partial charge in [-0.3, -0.25) is 9.59 Å². The number of rotatable bonds is 8. The second kappa shape index (κ2) is 9.30. The topological polar surface area (TPSA) is 70.4 Å². The van der Waals surface area contributed by atoms with Crippen molar-refractivity contribution in [1.82, 2.24) is 9.78 Å². The van der Waals surface area contributed by atoms with E-state index in [0.29, 0.717) is 5.69 Å². The fraction of sp³-hybridized carbons (Fsp3) is 0.227. The first-order chi connectivity index (χ1) is 14.3. The summed E-state index contributed by atoms with van der Waals surface area (Å²) in [6.45, 7) is 0.289. The lowest BCUT2D eigenvalue weighted by atomic mass is 10.1. The molecule has 0 aliphatic carbocycles. The summed E-state index contributed by atoms with van der Waals surface area (Å²) in [5.74, 6) is -1.06. The molecule has 2 aromatic carbocycles. The first-order valence-corrected chi connectivity index (χ1v) is 9.19. The van der Waals surface area contributed by atoms with Crippen molar-refractivity contribution >= 4 is 11.8 Å². The minimum Gasteiger partial charge on any atom is -0.457 e. The molecule has 0 amide bonds. The van der Waals surface area contributed by atoms with E-state index in [2.05, 4.69) is 9.84 Å². The van der Waals surface area contributed by atoms with E-state index in [1.165, 1.54) is 24.3 Å². The number of halogens is 2. The quantitative estimate of drug-likeness (QED) is 0.411. The number of esters is 1. The van der Waals surface area contributed by atoms with Gasteiger partial charge in [0.05, 0.1) is 17.8 Å². The predicted molar refractivity (Wildman–Crippen MR) is 105 cm³/mol. The van der Waals surface area contributed by atoms with E-state index in [-0.39, 0.29) is 17.7 Å². The molecule has 0 radical (unpaired) electrons. The molecule has 6 nitrogen and oxygen atoms in total. The summed E-state index contributed by atoms with van der Waals surface area (Å²) in [5.41, 5.74) is 3.37. The zero-order valence-electron chi connectivity index (χ0n) is 16.5. The molecule has 0 aliphatic heterocycles. The second-order valence-electron chi connectivity index (χ2n) is 6.56. The zero-order chi connectivity index (χ0) is 21.7. The number of aryl methyl sites for hydroxylation is 1. The monoisotopic (exact) mass is 414 g/mol. The van der Waals surface area contributed by atoms with Gasteiger partial charge in [0.25, 0.3) is 0 Å². The van der Waals surface area contributed by atoms with Crippen LogP contribution in [0.15, 0.2) is 54.6 Å². The van der Waals surface area contributed by atoms with Crippen molar-refractivity contribution in [3.8, 4) is 11.4 Å². The number of para-hydroxylation sites is 1. The second-order valence-corrected chi connectivity index (χ2v) is 6.56. The van der Waals surface area contributed by atoms with E-state index in [4.69, 9.17) is 4.74 Å². The maximum absolute atomic E-state index is 12.3. The van der Waals surface area contributed by atoms with Gasteiger partial charge in [-0.05, 0) is 50.2 Å². The Bertz CT molecular complexity index is 1030. The lowest BCUT2D eigenvalue weighted by molar-refractivity contribution is -0.141. The van der Waals surface area contributed by atoms with E-state index in [0.717, 1.165) is 16.9 Å². The molecular weight excluding hydrogens is 394 g/mol. The van der Waals surface area contributed by atoms with E-state index < -0.39 is 25.0 Å². The van der Waals surface area contributed by atoms with Crippen LogP contribution in [0.4, 0.5) is 8.78 Å². The van der Waals surface area contributed by atoms with E-state index in [1.807, 2.05) is 44.2 Å². The molecule has 8 heteroatoms. The number of ketones is 1. The molecule has 0 saturated heterocycles. The number of benzene rings is 2. The largest absolute Gasteiger partial charge is 0.457 e. The number of carbonyl (C=O) groups is 2. The van der Waals surface area contributed by atoms with Gasteiger partial charge in [-0.15, -0.1) is 0 Å². The number of alkyl halides is 2. The molecule has 156 valence electrons. The Balaban J connectivity index is 1.60. The molecule has 0 bridgehead atoms. The molecular formula is C22H20F2N2O4. The van der Waals surface area contributed by atoms with Gasteiger partial charge in [-0.2, -0.15) is 13.9 Å². The summed E-state index contributed by atoms with van der Waals surface area (Å²) in [5, 5.41) is 4.48. The number of ether oxygens (including phenoxy) is 2. The van der Waals surface area contributed by atoms with Crippen LogP contribution >= 0.6 is 0 Å². The third-order valence-electron chi connectivity index (χ3n) is 4.53. The fourth-order valence-corrected chi connectivity index (χ4v) is 3.00. The van der Waals surface area contributed by atoms with Crippen molar-refractivity contribution in [1.29, 1.82) is 0 Å². The molecule has 0 saturated carbocycles. The number of nitrogens with zero attached hydrogens (tertiary/aromatic N) is 2. The summed E-state index contributed by atoms with van der Waals surface area (Å²) in [6.07, 6.45) is -0.0149. The highest BCUT2D eigenvalue weighted by molar-refractivity contribution is 5.98. The molecule has 0 atom stereocenters. The van der Waals surface area contributed by atoms with Gasteiger partial charge in [-0.1, -0.05) is 18.2 Å². The summed E-state index contributed by atoms with van der Waals surface area (Å²) in [4.78, 5) is 24.4. The lowest BCUT2D eigenvalue weighted by Crippen LogP contribution is -2.16. The van der Waals surface area contributed by atoms with E-state index >= 15 is 0 Å². The van der Waals surface area contributed by atoms with Crippen LogP contribution in [0.2, 0.25) is 0 Å². The molecule has 3 rings (SSSR count). The molecule has 3 aromatic rings. The van der Waals surface area contributed by atoms with Crippen molar-refractivity contribution < 1.29 is 27.8 Å². The fourth-order valence-electron chi connectivity index (χ4n) is 3.00. The van der Waals surface area contributed by atoms with Gasteiger partial charge in [0.2, 0.25) is 0 Å². The summed E-state index contributed by atoms with van der Waals surface area (Å²) >= 11 is 0. The normalized spacial score (nSPS) is 10.8. The first kappa shape index (κ1) is 21.2. The summed E-state index contributed by atoms with van der Waals surface area (Å²) < 4.78 is 35.4. The number of aromatic nitrogens is 2.